The molecule has 154 valence electrons. The number of likely N-dealkylation sites (tertiary alicyclic amines) is 1. The molecule has 1 aromatic heterocycles. The Kier molecular flexibility index (Phi) is 6.23. The molecule has 3 aromatic rings. The molecule has 0 N–H and O–H groups in total. The fourth-order valence-electron chi connectivity index (χ4n) is 3.88. The molecule has 0 unspecified atom stereocenters. The van der Waals surface area contributed by atoms with E-state index < -0.39 is 0 Å². The van der Waals surface area contributed by atoms with Crippen LogP contribution in [0.1, 0.15) is 24.5 Å². The zero-order chi connectivity index (χ0) is 20.8. The van der Waals surface area contributed by atoms with Crippen molar-refractivity contribution in [2.75, 3.05) is 26.8 Å². The molecule has 6 nitrogen and oxygen atoms in total. The first-order valence-electron chi connectivity index (χ1n) is 10.2. The number of aromatic nitrogens is 2. The van der Waals surface area contributed by atoms with Crippen molar-refractivity contribution in [2.45, 2.75) is 18.8 Å². The Labute approximate surface area is 176 Å². The molecular weight excluding hydrogens is 378 g/mol. The third-order valence-corrected chi connectivity index (χ3v) is 5.35. The first kappa shape index (κ1) is 19.9. The standard InChI is InChI=1S/C24H25N3O3/c1-29-21-12-6-5-11-20(21)24-23(25-13-14-26-24)18-8-7-15-27(16-18)22(28)17-30-19-9-3-2-4-10-19/h2-6,9-14,18H,7-8,15-17H2,1H3/t18-/m1/s1. The van der Waals surface area contributed by atoms with Crippen molar-refractivity contribution in [2.24, 2.45) is 0 Å². The molecule has 1 amide bonds. The topological polar surface area (TPSA) is 64.6 Å². The highest BCUT2D eigenvalue weighted by Crippen LogP contribution is 2.35. The second kappa shape index (κ2) is 9.39. The van der Waals surface area contributed by atoms with Crippen LogP contribution in [-0.4, -0.2) is 47.6 Å². The van der Waals surface area contributed by atoms with Crippen LogP contribution in [-0.2, 0) is 4.79 Å². The molecule has 0 radical (unpaired) electrons. The number of methoxy groups -OCH3 is 1. The van der Waals surface area contributed by atoms with Gasteiger partial charge < -0.3 is 14.4 Å². The van der Waals surface area contributed by atoms with Crippen LogP contribution < -0.4 is 9.47 Å². The van der Waals surface area contributed by atoms with Gasteiger partial charge in [0.2, 0.25) is 0 Å². The summed E-state index contributed by atoms with van der Waals surface area (Å²) in [7, 11) is 1.66. The summed E-state index contributed by atoms with van der Waals surface area (Å²) in [6.07, 6.45) is 5.30. The third kappa shape index (κ3) is 4.43. The van der Waals surface area contributed by atoms with E-state index in [0.29, 0.717) is 12.3 Å². The molecule has 6 heteroatoms. The van der Waals surface area contributed by atoms with E-state index in [4.69, 9.17) is 9.47 Å². The first-order valence-corrected chi connectivity index (χ1v) is 10.2. The number of nitrogens with zero attached hydrogens (tertiary/aromatic N) is 3. The van der Waals surface area contributed by atoms with Gasteiger partial charge in [-0.1, -0.05) is 30.3 Å². The van der Waals surface area contributed by atoms with E-state index in [1.165, 1.54) is 0 Å². The van der Waals surface area contributed by atoms with Crippen molar-refractivity contribution in [1.29, 1.82) is 0 Å². The summed E-state index contributed by atoms with van der Waals surface area (Å²) >= 11 is 0. The van der Waals surface area contributed by atoms with Crippen molar-refractivity contribution in [3.8, 4) is 22.8 Å². The predicted octanol–water partition coefficient (Wildman–Crippen LogP) is 3.94. The number of ether oxygens (including phenoxy) is 2. The van der Waals surface area contributed by atoms with Crippen LogP contribution in [0.15, 0.2) is 67.0 Å². The average molecular weight is 403 g/mol. The minimum Gasteiger partial charge on any atom is -0.496 e. The highest BCUT2D eigenvalue weighted by molar-refractivity contribution is 5.78. The van der Waals surface area contributed by atoms with Gasteiger partial charge in [-0.2, -0.15) is 0 Å². The number of hydrogen-bond acceptors (Lipinski definition) is 5. The number of carbonyl (C=O) groups is 1. The number of para-hydroxylation sites is 2. The SMILES string of the molecule is COc1ccccc1-c1nccnc1[C@@H]1CCCN(C(=O)COc2ccccc2)C1. The number of carbonyl (C=O) groups excluding carboxylic acids is 1. The van der Waals surface area contributed by atoms with Gasteiger partial charge in [-0.05, 0) is 37.1 Å². The summed E-state index contributed by atoms with van der Waals surface area (Å²) in [5.74, 6) is 1.57. The Bertz CT molecular complexity index is 994. The summed E-state index contributed by atoms with van der Waals surface area (Å²) in [5.41, 5.74) is 2.64. The van der Waals surface area contributed by atoms with E-state index in [-0.39, 0.29) is 18.4 Å². The lowest BCUT2D eigenvalue weighted by Crippen LogP contribution is -2.41. The smallest absolute Gasteiger partial charge is 0.260 e. The maximum Gasteiger partial charge on any atom is 0.260 e. The van der Waals surface area contributed by atoms with Gasteiger partial charge in [-0.3, -0.25) is 14.8 Å². The van der Waals surface area contributed by atoms with Gasteiger partial charge >= 0.3 is 0 Å². The van der Waals surface area contributed by atoms with Gasteiger partial charge in [0.15, 0.2) is 6.61 Å². The van der Waals surface area contributed by atoms with Crippen LogP contribution in [0, 0.1) is 0 Å². The molecule has 2 aromatic carbocycles. The molecule has 1 aliphatic heterocycles. The Morgan fingerprint density at radius 2 is 1.83 bits per heavy atom. The lowest BCUT2D eigenvalue weighted by molar-refractivity contribution is -0.134. The summed E-state index contributed by atoms with van der Waals surface area (Å²) in [6.45, 7) is 1.38. The number of hydrogen-bond donors (Lipinski definition) is 0. The maximum atomic E-state index is 12.7. The molecule has 0 spiro atoms. The maximum absolute atomic E-state index is 12.7. The van der Waals surface area contributed by atoms with Crippen molar-refractivity contribution < 1.29 is 14.3 Å². The second-order valence-corrected chi connectivity index (χ2v) is 7.27. The fourth-order valence-corrected chi connectivity index (χ4v) is 3.88. The van der Waals surface area contributed by atoms with E-state index in [2.05, 4.69) is 9.97 Å². The normalized spacial score (nSPS) is 16.2. The molecule has 1 fully saturated rings. The third-order valence-electron chi connectivity index (χ3n) is 5.35. The van der Waals surface area contributed by atoms with Crippen LogP contribution in [0.2, 0.25) is 0 Å². The van der Waals surface area contributed by atoms with Gasteiger partial charge in [-0.15, -0.1) is 0 Å². The molecule has 1 atom stereocenters. The summed E-state index contributed by atoms with van der Waals surface area (Å²) in [5, 5.41) is 0. The first-order chi connectivity index (χ1) is 14.8. The van der Waals surface area contributed by atoms with E-state index in [1.54, 1.807) is 19.5 Å². The van der Waals surface area contributed by atoms with E-state index in [0.717, 1.165) is 42.1 Å². The number of benzene rings is 2. The molecular formula is C24H25N3O3. The Balaban J connectivity index is 1.50. The fraction of sp³-hybridized carbons (Fsp3) is 0.292. The van der Waals surface area contributed by atoms with Crippen molar-refractivity contribution in [1.82, 2.24) is 14.9 Å². The highest BCUT2D eigenvalue weighted by Gasteiger charge is 2.28. The molecule has 0 bridgehead atoms. The Morgan fingerprint density at radius 3 is 2.67 bits per heavy atom. The Morgan fingerprint density at radius 1 is 1.07 bits per heavy atom. The van der Waals surface area contributed by atoms with E-state index in [9.17, 15) is 4.79 Å². The lowest BCUT2D eigenvalue weighted by atomic mass is 9.91. The van der Waals surface area contributed by atoms with Crippen molar-refractivity contribution in [3.05, 3.63) is 72.7 Å². The summed E-state index contributed by atoms with van der Waals surface area (Å²) < 4.78 is 11.2. The summed E-state index contributed by atoms with van der Waals surface area (Å²) in [4.78, 5) is 23.9. The van der Waals surface area contributed by atoms with Crippen LogP contribution in [0.25, 0.3) is 11.3 Å². The average Bonchev–Trinajstić information content (AvgIpc) is 2.83. The quantitative estimate of drug-likeness (QED) is 0.624. The number of amides is 1. The molecule has 0 saturated carbocycles. The molecule has 30 heavy (non-hydrogen) atoms. The van der Waals surface area contributed by atoms with Gasteiger partial charge in [0.1, 0.15) is 11.5 Å². The minimum absolute atomic E-state index is 0.00807. The van der Waals surface area contributed by atoms with Crippen LogP contribution in [0.5, 0.6) is 11.5 Å². The molecule has 1 aliphatic rings. The monoisotopic (exact) mass is 403 g/mol. The largest absolute Gasteiger partial charge is 0.496 e. The molecule has 2 heterocycles. The van der Waals surface area contributed by atoms with Gasteiger partial charge in [0.25, 0.3) is 5.91 Å². The van der Waals surface area contributed by atoms with Crippen molar-refractivity contribution in [3.63, 3.8) is 0 Å². The van der Waals surface area contributed by atoms with Gasteiger partial charge in [0, 0.05) is 37.0 Å². The Hall–Kier alpha value is -3.41. The highest BCUT2D eigenvalue weighted by atomic mass is 16.5. The van der Waals surface area contributed by atoms with Gasteiger partial charge in [0.05, 0.1) is 18.5 Å². The zero-order valence-electron chi connectivity index (χ0n) is 17.0. The van der Waals surface area contributed by atoms with Gasteiger partial charge in [-0.25, -0.2) is 0 Å². The van der Waals surface area contributed by atoms with Crippen LogP contribution >= 0.6 is 0 Å². The molecule has 4 rings (SSSR count). The number of piperidine rings is 1. The predicted molar refractivity (Wildman–Crippen MR) is 115 cm³/mol. The number of rotatable bonds is 6. The van der Waals surface area contributed by atoms with E-state index in [1.807, 2.05) is 59.5 Å². The molecule has 0 aliphatic carbocycles. The molecule has 1 saturated heterocycles. The zero-order valence-corrected chi connectivity index (χ0v) is 17.0. The van der Waals surface area contributed by atoms with Crippen LogP contribution in [0.3, 0.4) is 0 Å². The van der Waals surface area contributed by atoms with Crippen LogP contribution in [0.4, 0.5) is 0 Å². The minimum atomic E-state index is -0.00807. The van der Waals surface area contributed by atoms with Crippen molar-refractivity contribution >= 4 is 5.91 Å². The lowest BCUT2D eigenvalue weighted by Gasteiger charge is -2.33. The second-order valence-electron chi connectivity index (χ2n) is 7.27. The summed E-state index contributed by atoms with van der Waals surface area (Å²) in [6, 6.07) is 17.2. The van der Waals surface area contributed by atoms with E-state index >= 15 is 0 Å².